The van der Waals surface area contributed by atoms with E-state index >= 15 is 0 Å². The summed E-state index contributed by atoms with van der Waals surface area (Å²) in [5, 5.41) is 10.4. The Morgan fingerprint density at radius 2 is 2.00 bits per heavy atom. The average molecular weight is 448 g/mol. The zero-order valence-electron chi connectivity index (χ0n) is 18.1. The molecule has 2 aromatic carbocycles. The van der Waals surface area contributed by atoms with E-state index < -0.39 is 17.6 Å². The third kappa shape index (κ3) is 3.95. The highest BCUT2D eigenvalue weighted by Crippen LogP contribution is 2.37. The third-order valence-electron chi connectivity index (χ3n) is 6.08. The number of hydrogen-bond donors (Lipinski definition) is 1. The minimum absolute atomic E-state index is 0.147. The fourth-order valence-electron chi connectivity index (χ4n) is 4.53. The number of carboxylic acids is 1. The first-order valence-corrected chi connectivity index (χ1v) is 10.8. The molecule has 5 rings (SSSR count). The van der Waals surface area contributed by atoms with E-state index in [0.717, 1.165) is 46.7 Å². The topological polar surface area (TPSA) is 64.4 Å². The molecule has 0 spiro atoms. The molecule has 0 radical (unpaired) electrons. The molecular weight excluding hydrogens is 426 g/mol. The van der Waals surface area contributed by atoms with E-state index in [9.17, 15) is 18.7 Å². The van der Waals surface area contributed by atoms with Crippen LogP contribution in [0.4, 0.5) is 8.78 Å². The summed E-state index contributed by atoms with van der Waals surface area (Å²) in [7, 11) is 0. The Balaban J connectivity index is 1.67. The molecule has 0 amide bonds. The Morgan fingerprint density at radius 3 is 2.79 bits per heavy atom. The molecule has 1 N–H and O–H groups in total. The normalized spacial score (nSPS) is 13.1. The van der Waals surface area contributed by atoms with E-state index in [1.165, 1.54) is 6.07 Å². The van der Waals surface area contributed by atoms with E-state index in [1.54, 1.807) is 13.0 Å². The molecule has 0 aliphatic carbocycles. The average Bonchev–Trinajstić information content (AvgIpc) is 3.18. The summed E-state index contributed by atoms with van der Waals surface area (Å²) in [5.41, 5.74) is 5.40. The summed E-state index contributed by atoms with van der Waals surface area (Å²) in [5.74, 6) is -1.85. The molecule has 7 heteroatoms. The lowest BCUT2D eigenvalue weighted by Gasteiger charge is -2.20. The quantitative estimate of drug-likeness (QED) is 0.451. The lowest BCUT2D eigenvalue weighted by atomic mass is 9.92. The van der Waals surface area contributed by atoms with E-state index in [2.05, 4.69) is 6.07 Å². The lowest BCUT2D eigenvalue weighted by molar-refractivity contribution is -0.136. The van der Waals surface area contributed by atoms with Crippen LogP contribution < -0.4 is 4.74 Å². The summed E-state index contributed by atoms with van der Waals surface area (Å²) < 4.78 is 34.7. The Kier molecular flexibility index (Phi) is 5.32. The van der Waals surface area contributed by atoms with Crippen LogP contribution in [0.3, 0.4) is 0 Å². The predicted octanol–water partition coefficient (Wildman–Crippen LogP) is 5.29. The molecule has 0 bridgehead atoms. The molecule has 0 saturated carbocycles. The van der Waals surface area contributed by atoms with Crippen LogP contribution in [0, 0.1) is 18.6 Å². The van der Waals surface area contributed by atoms with Gasteiger partial charge in [-0.1, -0.05) is 12.1 Å². The van der Waals surface area contributed by atoms with E-state index in [-0.39, 0.29) is 6.42 Å². The van der Waals surface area contributed by atoms with Crippen LogP contribution in [0.5, 0.6) is 5.75 Å². The van der Waals surface area contributed by atoms with Crippen molar-refractivity contribution in [2.45, 2.75) is 32.7 Å². The fourth-order valence-corrected chi connectivity index (χ4v) is 4.53. The minimum atomic E-state index is -0.928. The Morgan fingerprint density at radius 1 is 1.15 bits per heavy atom. The summed E-state index contributed by atoms with van der Waals surface area (Å²) >= 11 is 0. The molecule has 1 aliphatic rings. The van der Waals surface area contributed by atoms with Crippen LogP contribution in [-0.4, -0.2) is 27.2 Å². The van der Waals surface area contributed by atoms with Crippen LogP contribution in [0.15, 0.2) is 48.7 Å². The molecule has 0 atom stereocenters. The van der Waals surface area contributed by atoms with Crippen molar-refractivity contribution in [1.29, 1.82) is 0 Å². The molecule has 5 nitrogen and oxygen atoms in total. The Labute approximate surface area is 189 Å². The smallest absolute Gasteiger partial charge is 0.307 e. The summed E-state index contributed by atoms with van der Waals surface area (Å²) in [6.45, 7) is 2.81. The highest BCUT2D eigenvalue weighted by atomic mass is 19.2. The second-order valence-electron chi connectivity index (χ2n) is 8.33. The van der Waals surface area contributed by atoms with E-state index in [1.807, 2.05) is 29.0 Å². The van der Waals surface area contributed by atoms with Crippen LogP contribution >= 0.6 is 0 Å². The summed E-state index contributed by atoms with van der Waals surface area (Å²) in [6, 6.07) is 11.7. The number of aryl methyl sites for hydroxylation is 2. The molecule has 0 fully saturated rings. The van der Waals surface area contributed by atoms with Gasteiger partial charge in [0.1, 0.15) is 11.4 Å². The monoisotopic (exact) mass is 448 g/mol. The number of aliphatic carboxylic acids is 1. The van der Waals surface area contributed by atoms with Gasteiger partial charge in [0, 0.05) is 23.8 Å². The van der Waals surface area contributed by atoms with Crippen molar-refractivity contribution in [2.24, 2.45) is 0 Å². The lowest BCUT2D eigenvalue weighted by Crippen LogP contribution is -2.09. The van der Waals surface area contributed by atoms with Crippen molar-refractivity contribution in [3.8, 4) is 16.9 Å². The molecule has 3 heterocycles. The van der Waals surface area contributed by atoms with E-state index in [4.69, 9.17) is 9.72 Å². The van der Waals surface area contributed by atoms with Crippen molar-refractivity contribution < 1.29 is 23.4 Å². The molecule has 4 aromatic rings. The van der Waals surface area contributed by atoms with Gasteiger partial charge < -0.3 is 14.4 Å². The number of halogens is 2. The van der Waals surface area contributed by atoms with Gasteiger partial charge in [-0.3, -0.25) is 4.79 Å². The number of pyridine rings is 1. The number of hydrogen-bond acceptors (Lipinski definition) is 3. The predicted molar refractivity (Wildman–Crippen MR) is 121 cm³/mol. The first-order valence-electron chi connectivity index (χ1n) is 10.8. The van der Waals surface area contributed by atoms with E-state index in [0.29, 0.717) is 35.6 Å². The third-order valence-corrected chi connectivity index (χ3v) is 6.08. The maximum absolute atomic E-state index is 13.7. The summed E-state index contributed by atoms with van der Waals surface area (Å²) in [6.07, 6.45) is 3.54. The van der Waals surface area contributed by atoms with Crippen molar-refractivity contribution in [3.63, 3.8) is 0 Å². The maximum Gasteiger partial charge on any atom is 0.307 e. The molecule has 33 heavy (non-hydrogen) atoms. The molecule has 0 unspecified atom stereocenters. The molecule has 168 valence electrons. The highest BCUT2D eigenvalue weighted by molar-refractivity contribution is 5.97. The van der Waals surface area contributed by atoms with Gasteiger partial charge in [0.2, 0.25) is 0 Å². The number of nitrogens with zero attached hydrogens (tertiary/aromatic N) is 2. The largest absolute Gasteiger partial charge is 0.493 e. The molecule has 0 saturated heterocycles. The highest BCUT2D eigenvalue weighted by Gasteiger charge is 2.21. The van der Waals surface area contributed by atoms with Gasteiger partial charge in [-0.25, -0.2) is 13.8 Å². The number of benzene rings is 2. The number of ether oxygens (including phenoxy) is 1. The van der Waals surface area contributed by atoms with Gasteiger partial charge in [0.15, 0.2) is 11.6 Å². The van der Waals surface area contributed by atoms with Gasteiger partial charge in [0.05, 0.1) is 13.0 Å². The van der Waals surface area contributed by atoms with Gasteiger partial charge in [-0.15, -0.1) is 0 Å². The Hall–Kier alpha value is -3.74. The van der Waals surface area contributed by atoms with Crippen molar-refractivity contribution in [3.05, 3.63) is 82.7 Å². The van der Waals surface area contributed by atoms with Crippen LogP contribution in [0.2, 0.25) is 0 Å². The van der Waals surface area contributed by atoms with Crippen LogP contribution in [0.25, 0.3) is 22.2 Å². The zero-order chi connectivity index (χ0) is 23.1. The minimum Gasteiger partial charge on any atom is -0.493 e. The molecule has 1 aliphatic heterocycles. The Bertz CT molecular complexity index is 1390. The van der Waals surface area contributed by atoms with Crippen LogP contribution in [-0.2, 0) is 24.2 Å². The first kappa shape index (κ1) is 21.1. The first-order chi connectivity index (χ1) is 15.9. The molecular formula is C26H22F2N2O3. The SMILES string of the molecule is Cc1nc2c(ccn2Cc2ccc(F)c(F)c2)c(-c2ccc3c(c2)CCCO3)c1CC(=O)O. The number of aromatic nitrogens is 2. The second kappa shape index (κ2) is 8.31. The summed E-state index contributed by atoms with van der Waals surface area (Å²) in [4.78, 5) is 16.4. The number of carboxylic acid groups (broad SMARTS) is 1. The van der Waals surface area contributed by atoms with Crippen molar-refractivity contribution >= 4 is 17.0 Å². The number of rotatable bonds is 5. The molecule has 2 aromatic heterocycles. The van der Waals surface area contributed by atoms with Gasteiger partial charge in [-0.2, -0.15) is 0 Å². The van der Waals surface area contributed by atoms with Crippen LogP contribution in [0.1, 0.15) is 28.8 Å². The number of fused-ring (bicyclic) bond motifs is 2. The zero-order valence-corrected chi connectivity index (χ0v) is 18.1. The van der Waals surface area contributed by atoms with Crippen molar-refractivity contribution in [1.82, 2.24) is 9.55 Å². The standard InChI is InChI=1S/C26H22F2N2O3/c1-15-20(13-24(31)32)25(18-5-7-23-17(12-18)3-2-10-33-23)19-8-9-30(26(19)29-15)14-16-4-6-21(27)22(28)11-16/h4-9,11-12H,2-3,10,13-14H2,1H3,(H,31,32). The van der Waals surface area contributed by atoms with Gasteiger partial charge >= 0.3 is 5.97 Å². The number of carbonyl (C=O) groups is 1. The van der Waals surface area contributed by atoms with Gasteiger partial charge in [0.25, 0.3) is 0 Å². The maximum atomic E-state index is 13.7. The fraction of sp³-hybridized carbons (Fsp3) is 0.231. The van der Waals surface area contributed by atoms with Gasteiger partial charge in [-0.05, 0) is 77.9 Å². The second-order valence-corrected chi connectivity index (χ2v) is 8.33. The van der Waals surface area contributed by atoms with Crippen molar-refractivity contribution in [2.75, 3.05) is 6.61 Å².